The number of anilines is 1. The van der Waals surface area contributed by atoms with Crippen LogP contribution in [0.1, 0.15) is 15.9 Å². The molecule has 6 nitrogen and oxygen atoms in total. The quantitative estimate of drug-likeness (QED) is 0.876. The van der Waals surface area contributed by atoms with E-state index >= 15 is 0 Å². The fourth-order valence-electron chi connectivity index (χ4n) is 2.34. The first-order chi connectivity index (χ1) is 9.66. The van der Waals surface area contributed by atoms with E-state index in [1.165, 1.54) is 17.2 Å². The van der Waals surface area contributed by atoms with Crippen LogP contribution in [0.5, 0.6) is 0 Å². The number of amides is 1. The maximum atomic E-state index is 12.3. The Morgan fingerprint density at radius 2 is 2.10 bits per heavy atom. The van der Waals surface area contributed by atoms with Gasteiger partial charge < -0.3 is 19.5 Å². The van der Waals surface area contributed by atoms with Gasteiger partial charge in [0.05, 0.1) is 5.56 Å². The molecule has 0 aromatic heterocycles. The number of fused-ring (bicyclic) bond motifs is 1. The van der Waals surface area contributed by atoms with Crippen LogP contribution in [-0.4, -0.2) is 36.7 Å². The number of benzene rings is 1. The van der Waals surface area contributed by atoms with Gasteiger partial charge in [0.25, 0.3) is 5.91 Å². The van der Waals surface area contributed by atoms with E-state index in [-0.39, 0.29) is 17.2 Å². The minimum absolute atomic E-state index is 0.157. The van der Waals surface area contributed by atoms with Crippen LogP contribution in [0.4, 0.5) is 5.69 Å². The van der Waals surface area contributed by atoms with E-state index in [0.717, 1.165) is 5.56 Å². The Hall–Kier alpha value is -2.50. The van der Waals surface area contributed by atoms with Gasteiger partial charge in [-0.1, -0.05) is 6.07 Å². The summed E-state index contributed by atoms with van der Waals surface area (Å²) in [5, 5.41) is 9.03. The lowest BCUT2D eigenvalue weighted by molar-refractivity contribution is -0.119. The minimum atomic E-state index is -1.01. The first kappa shape index (κ1) is 12.5. The molecule has 1 aromatic carbocycles. The second-order valence-electron chi connectivity index (χ2n) is 4.56. The highest BCUT2D eigenvalue weighted by atomic mass is 16.6. The maximum absolute atomic E-state index is 12.3. The van der Waals surface area contributed by atoms with Crippen LogP contribution in [0.25, 0.3) is 0 Å². The van der Waals surface area contributed by atoms with Crippen molar-refractivity contribution in [2.75, 3.05) is 24.7 Å². The van der Waals surface area contributed by atoms with E-state index in [4.69, 9.17) is 14.6 Å². The van der Waals surface area contributed by atoms with Crippen LogP contribution in [0.3, 0.4) is 0 Å². The van der Waals surface area contributed by atoms with Gasteiger partial charge in [0.2, 0.25) is 5.76 Å². The predicted octanol–water partition coefficient (Wildman–Crippen LogP) is 1.16. The van der Waals surface area contributed by atoms with Crippen molar-refractivity contribution in [3.8, 4) is 0 Å². The zero-order valence-corrected chi connectivity index (χ0v) is 10.7. The highest BCUT2D eigenvalue weighted by Crippen LogP contribution is 2.30. The van der Waals surface area contributed by atoms with Crippen molar-refractivity contribution in [3.05, 3.63) is 41.3 Å². The van der Waals surface area contributed by atoms with Crippen LogP contribution in [0.15, 0.2) is 30.2 Å². The van der Waals surface area contributed by atoms with Crippen molar-refractivity contribution in [1.29, 1.82) is 0 Å². The molecule has 104 valence electrons. The zero-order chi connectivity index (χ0) is 14.1. The summed E-state index contributed by atoms with van der Waals surface area (Å²) in [5.41, 5.74) is 1.75. The lowest BCUT2D eigenvalue weighted by Crippen LogP contribution is -2.32. The number of carboxylic acids is 1. The Bertz CT molecular complexity index is 608. The molecule has 3 rings (SSSR count). The molecule has 2 heterocycles. The summed E-state index contributed by atoms with van der Waals surface area (Å²) in [4.78, 5) is 24.9. The normalized spacial score (nSPS) is 16.8. The largest absolute Gasteiger partial charge is 0.494 e. The van der Waals surface area contributed by atoms with Crippen LogP contribution in [-0.2, 0) is 20.7 Å². The van der Waals surface area contributed by atoms with E-state index in [0.29, 0.717) is 31.9 Å². The van der Waals surface area contributed by atoms with Crippen molar-refractivity contribution >= 4 is 17.6 Å². The average Bonchev–Trinajstić information content (AvgIpc) is 2.90. The molecule has 0 radical (unpaired) electrons. The Balaban J connectivity index is 1.91. The second-order valence-corrected chi connectivity index (χ2v) is 4.56. The first-order valence-electron chi connectivity index (χ1n) is 6.29. The fourth-order valence-corrected chi connectivity index (χ4v) is 2.34. The lowest BCUT2D eigenvalue weighted by atomic mass is 10.1. The number of hydrogen-bond acceptors (Lipinski definition) is 4. The zero-order valence-electron chi connectivity index (χ0n) is 10.7. The van der Waals surface area contributed by atoms with Gasteiger partial charge >= 0.3 is 5.97 Å². The Kier molecular flexibility index (Phi) is 3.06. The van der Waals surface area contributed by atoms with Crippen molar-refractivity contribution < 1.29 is 24.2 Å². The summed E-state index contributed by atoms with van der Waals surface area (Å²) in [5.74, 6) is -1.15. The molecular formula is C14H13NO5. The number of carboxylic acid groups (broad SMARTS) is 1. The van der Waals surface area contributed by atoms with Crippen LogP contribution < -0.4 is 4.90 Å². The summed E-state index contributed by atoms with van der Waals surface area (Å²) in [6.07, 6.45) is 2.01. The van der Waals surface area contributed by atoms with E-state index < -0.39 is 5.97 Å². The summed E-state index contributed by atoms with van der Waals surface area (Å²) in [6, 6.07) is 4.82. The summed E-state index contributed by atoms with van der Waals surface area (Å²) < 4.78 is 10.4. The van der Waals surface area contributed by atoms with Gasteiger partial charge in [0.15, 0.2) is 0 Å². The molecule has 2 aliphatic rings. The third kappa shape index (κ3) is 2.09. The Morgan fingerprint density at radius 1 is 1.25 bits per heavy atom. The van der Waals surface area contributed by atoms with Crippen LogP contribution in [0.2, 0.25) is 0 Å². The highest BCUT2D eigenvalue weighted by molar-refractivity contribution is 6.06. The first-order valence-corrected chi connectivity index (χ1v) is 6.29. The van der Waals surface area contributed by atoms with Gasteiger partial charge in [-0.15, -0.1) is 0 Å². The maximum Gasteiger partial charge on any atom is 0.335 e. The van der Waals surface area contributed by atoms with E-state index in [1.54, 1.807) is 12.1 Å². The van der Waals surface area contributed by atoms with Crippen molar-refractivity contribution in [1.82, 2.24) is 0 Å². The molecule has 1 N–H and O–H groups in total. The number of ether oxygens (including phenoxy) is 2. The van der Waals surface area contributed by atoms with E-state index in [2.05, 4.69) is 0 Å². The molecule has 1 aromatic rings. The lowest BCUT2D eigenvalue weighted by Gasteiger charge is -2.21. The Labute approximate surface area is 115 Å². The van der Waals surface area contributed by atoms with Crippen molar-refractivity contribution in [3.63, 3.8) is 0 Å². The van der Waals surface area contributed by atoms with Gasteiger partial charge in [0.1, 0.15) is 19.5 Å². The van der Waals surface area contributed by atoms with Crippen molar-refractivity contribution in [2.45, 2.75) is 6.42 Å². The smallest absolute Gasteiger partial charge is 0.335 e. The minimum Gasteiger partial charge on any atom is -0.494 e. The molecule has 0 spiro atoms. The molecule has 20 heavy (non-hydrogen) atoms. The van der Waals surface area contributed by atoms with Gasteiger partial charge in [0, 0.05) is 12.2 Å². The topological polar surface area (TPSA) is 76.1 Å². The molecule has 0 bridgehead atoms. The molecule has 1 amide bonds. The number of hydrogen-bond donors (Lipinski definition) is 1. The fraction of sp³-hybridized carbons (Fsp3) is 0.286. The van der Waals surface area contributed by atoms with E-state index in [9.17, 15) is 9.59 Å². The summed E-state index contributed by atoms with van der Waals surface area (Å²) in [7, 11) is 0. The molecule has 0 aliphatic carbocycles. The molecule has 6 heteroatoms. The van der Waals surface area contributed by atoms with Gasteiger partial charge in [-0.2, -0.15) is 0 Å². The summed E-state index contributed by atoms with van der Waals surface area (Å²) >= 11 is 0. The average molecular weight is 275 g/mol. The highest BCUT2D eigenvalue weighted by Gasteiger charge is 2.29. The molecule has 0 fully saturated rings. The second kappa shape index (κ2) is 4.88. The molecular weight excluding hydrogens is 262 g/mol. The molecule has 0 saturated heterocycles. The molecule has 0 unspecified atom stereocenters. The number of carbonyl (C=O) groups is 2. The number of aromatic carboxylic acids is 1. The number of nitrogens with zero attached hydrogens (tertiary/aromatic N) is 1. The third-order valence-corrected chi connectivity index (χ3v) is 3.33. The van der Waals surface area contributed by atoms with Crippen LogP contribution >= 0.6 is 0 Å². The van der Waals surface area contributed by atoms with Gasteiger partial charge in [-0.05, 0) is 24.1 Å². The Morgan fingerprint density at radius 3 is 2.80 bits per heavy atom. The van der Waals surface area contributed by atoms with Gasteiger partial charge in [-0.3, -0.25) is 4.79 Å². The standard InChI is InChI=1S/C14H13NO5/c16-13(12-8-19-5-6-20-12)15-4-3-9-1-2-10(14(17)18)7-11(9)15/h1-2,7-8H,3-6H2,(H,17,18). The molecule has 0 atom stereocenters. The van der Waals surface area contributed by atoms with Gasteiger partial charge in [-0.25, -0.2) is 4.79 Å². The third-order valence-electron chi connectivity index (χ3n) is 3.33. The number of carbonyl (C=O) groups excluding carboxylic acids is 1. The molecule has 2 aliphatic heterocycles. The summed E-state index contributed by atoms with van der Waals surface area (Å²) in [6.45, 7) is 1.28. The predicted molar refractivity (Wildman–Crippen MR) is 69.4 cm³/mol. The van der Waals surface area contributed by atoms with Crippen molar-refractivity contribution in [2.24, 2.45) is 0 Å². The monoisotopic (exact) mass is 275 g/mol. The molecule has 0 saturated carbocycles. The van der Waals surface area contributed by atoms with Crippen LogP contribution in [0, 0.1) is 0 Å². The number of rotatable bonds is 2. The van der Waals surface area contributed by atoms with E-state index in [1.807, 2.05) is 0 Å². The SMILES string of the molecule is O=C(O)c1ccc2c(c1)N(C(=O)C1=COCCO1)CC2.